The van der Waals surface area contributed by atoms with Gasteiger partial charge in [0.25, 0.3) is 5.91 Å². The summed E-state index contributed by atoms with van der Waals surface area (Å²) in [7, 11) is 1.49. The second-order valence-electron chi connectivity index (χ2n) is 4.25. The Morgan fingerprint density at radius 2 is 2.23 bits per heavy atom. The molecular formula is C13H13ClN2O4S2. The van der Waals surface area contributed by atoms with E-state index in [9.17, 15) is 9.59 Å². The van der Waals surface area contributed by atoms with E-state index < -0.39 is 11.9 Å². The van der Waals surface area contributed by atoms with Crippen LogP contribution in [0.2, 0.25) is 4.34 Å². The Bertz CT molecular complexity index is 671. The van der Waals surface area contributed by atoms with Crippen LogP contribution in [-0.4, -0.2) is 53.7 Å². The first-order valence-corrected chi connectivity index (χ1v) is 8.30. The van der Waals surface area contributed by atoms with E-state index in [0.717, 1.165) is 4.88 Å². The van der Waals surface area contributed by atoms with Gasteiger partial charge in [-0.3, -0.25) is 9.59 Å². The molecule has 2 heterocycles. The third-order valence-electron chi connectivity index (χ3n) is 2.69. The summed E-state index contributed by atoms with van der Waals surface area (Å²) in [6, 6.07) is 3.60. The fraction of sp³-hybridized carbons (Fsp3) is 0.308. The number of amides is 1. The molecule has 0 unspecified atom stereocenters. The van der Waals surface area contributed by atoms with Crippen molar-refractivity contribution < 1.29 is 19.4 Å². The van der Waals surface area contributed by atoms with Crippen LogP contribution >= 0.6 is 34.3 Å². The summed E-state index contributed by atoms with van der Waals surface area (Å²) in [6.45, 7) is 0.0652. The lowest BCUT2D eigenvalue weighted by Crippen LogP contribution is -2.38. The number of methoxy groups -OCH3 is 1. The van der Waals surface area contributed by atoms with Crippen LogP contribution in [0, 0.1) is 0 Å². The maximum absolute atomic E-state index is 12.4. The van der Waals surface area contributed by atoms with Crippen LogP contribution < -0.4 is 0 Å². The van der Waals surface area contributed by atoms with Crippen molar-refractivity contribution >= 4 is 46.2 Å². The second-order valence-corrected chi connectivity index (χ2v) is 6.83. The summed E-state index contributed by atoms with van der Waals surface area (Å²) in [5.74, 6) is -1.51. The topological polar surface area (TPSA) is 79.7 Å². The van der Waals surface area contributed by atoms with Gasteiger partial charge in [0.15, 0.2) is 0 Å². The van der Waals surface area contributed by atoms with Crippen LogP contribution in [0.15, 0.2) is 17.5 Å². The molecule has 0 bridgehead atoms. The number of thiazole rings is 1. The standard InChI is InChI=1S/C13H13ClN2O4S2/c1-20-5-4-16(6-11(17)18)13(19)8-7-21-12(15-8)9-2-3-10(14)22-9/h2-3,7H,4-6H2,1H3,(H,17,18). The molecule has 2 aromatic rings. The highest BCUT2D eigenvalue weighted by Gasteiger charge is 2.21. The summed E-state index contributed by atoms with van der Waals surface area (Å²) in [4.78, 5) is 29.6. The summed E-state index contributed by atoms with van der Waals surface area (Å²) >= 11 is 8.58. The molecule has 0 fully saturated rings. The lowest BCUT2D eigenvalue weighted by Gasteiger charge is -2.18. The molecule has 0 aliphatic carbocycles. The zero-order chi connectivity index (χ0) is 16.1. The zero-order valence-electron chi connectivity index (χ0n) is 11.6. The van der Waals surface area contributed by atoms with Gasteiger partial charge in [0.2, 0.25) is 0 Å². The fourth-order valence-corrected chi connectivity index (χ4v) is 3.60. The third-order valence-corrected chi connectivity index (χ3v) is 4.93. The van der Waals surface area contributed by atoms with Gasteiger partial charge in [-0.15, -0.1) is 22.7 Å². The number of carboxylic acid groups (broad SMARTS) is 1. The van der Waals surface area contributed by atoms with Crippen molar-refractivity contribution in [2.45, 2.75) is 0 Å². The molecule has 2 aromatic heterocycles. The molecule has 6 nitrogen and oxygen atoms in total. The van der Waals surface area contributed by atoms with E-state index in [-0.39, 0.29) is 25.4 Å². The molecule has 0 saturated heterocycles. The van der Waals surface area contributed by atoms with Gasteiger partial charge in [0.05, 0.1) is 15.8 Å². The second kappa shape index (κ2) is 7.68. The Balaban J connectivity index is 2.16. The van der Waals surface area contributed by atoms with Crippen LogP contribution in [0.25, 0.3) is 9.88 Å². The van der Waals surface area contributed by atoms with Crippen LogP contribution in [-0.2, 0) is 9.53 Å². The van der Waals surface area contributed by atoms with E-state index in [1.807, 2.05) is 6.07 Å². The normalized spacial score (nSPS) is 10.6. The molecule has 0 aromatic carbocycles. The highest BCUT2D eigenvalue weighted by molar-refractivity contribution is 7.23. The van der Waals surface area contributed by atoms with Crippen molar-refractivity contribution in [2.24, 2.45) is 0 Å². The molecule has 0 saturated carbocycles. The number of carboxylic acids is 1. The van der Waals surface area contributed by atoms with E-state index in [1.54, 1.807) is 11.4 Å². The van der Waals surface area contributed by atoms with Crippen LogP contribution in [0.4, 0.5) is 0 Å². The molecular weight excluding hydrogens is 348 g/mol. The van der Waals surface area contributed by atoms with Gasteiger partial charge < -0.3 is 14.7 Å². The largest absolute Gasteiger partial charge is 0.480 e. The number of hydrogen-bond donors (Lipinski definition) is 1. The minimum Gasteiger partial charge on any atom is -0.480 e. The Morgan fingerprint density at radius 3 is 2.82 bits per heavy atom. The predicted octanol–water partition coefficient (Wildman–Crippen LogP) is 2.70. The first kappa shape index (κ1) is 16.9. The first-order valence-electron chi connectivity index (χ1n) is 6.22. The third kappa shape index (κ3) is 4.26. The van der Waals surface area contributed by atoms with Crippen molar-refractivity contribution in [3.8, 4) is 9.88 Å². The number of carbonyl (C=O) groups excluding carboxylic acids is 1. The summed E-state index contributed by atoms with van der Waals surface area (Å²) in [6.07, 6.45) is 0. The van der Waals surface area contributed by atoms with E-state index in [2.05, 4.69) is 4.98 Å². The molecule has 0 spiro atoms. The molecule has 1 amide bonds. The predicted molar refractivity (Wildman–Crippen MR) is 85.9 cm³/mol. The molecule has 9 heteroatoms. The average molecular weight is 361 g/mol. The summed E-state index contributed by atoms with van der Waals surface area (Å²) in [5.41, 5.74) is 0.224. The van der Waals surface area contributed by atoms with E-state index in [1.165, 1.54) is 34.7 Å². The number of hydrogen-bond acceptors (Lipinski definition) is 6. The van der Waals surface area contributed by atoms with Gasteiger partial charge in [-0.2, -0.15) is 0 Å². The quantitative estimate of drug-likeness (QED) is 0.821. The highest BCUT2D eigenvalue weighted by atomic mass is 35.5. The van der Waals surface area contributed by atoms with Gasteiger partial charge in [0.1, 0.15) is 17.2 Å². The maximum Gasteiger partial charge on any atom is 0.323 e. The Kier molecular flexibility index (Phi) is 5.90. The van der Waals surface area contributed by atoms with Crippen molar-refractivity contribution in [1.82, 2.24) is 9.88 Å². The Morgan fingerprint density at radius 1 is 1.45 bits per heavy atom. The number of ether oxygens (including phenoxy) is 1. The molecule has 0 atom stereocenters. The van der Waals surface area contributed by atoms with Gasteiger partial charge in [-0.25, -0.2) is 4.98 Å². The van der Waals surface area contributed by atoms with E-state index >= 15 is 0 Å². The van der Waals surface area contributed by atoms with Crippen molar-refractivity contribution in [3.05, 3.63) is 27.5 Å². The molecule has 1 N–H and O–H groups in total. The molecule has 0 aliphatic rings. The average Bonchev–Trinajstić information content (AvgIpc) is 3.10. The van der Waals surface area contributed by atoms with E-state index in [4.69, 9.17) is 21.4 Å². The number of rotatable bonds is 7. The van der Waals surface area contributed by atoms with Crippen LogP contribution in [0.1, 0.15) is 10.5 Å². The molecule has 0 aliphatic heterocycles. The van der Waals surface area contributed by atoms with Crippen molar-refractivity contribution in [3.63, 3.8) is 0 Å². The summed E-state index contributed by atoms with van der Waals surface area (Å²) < 4.78 is 5.54. The first-order chi connectivity index (χ1) is 10.5. The monoisotopic (exact) mass is 360 g/mol. The molecule has 118 valence electrons. The smallest absolute Gasteiger partial charge is 0.323 e. The Hall–Kier alpha value is -1.48. The number of halogens is 1. The van der Waals surface area contributed by atoms with E-state index in [0.29, 0.717) is 9.34 Å². The fourth-order valence-electron chi connectivity index (χ4n) is 1.69. The molecule has 2 rings (SSSR count). The van der Waals surface area contributed by atoms with Gasteiger partial charge in [-0.05, 0) is 12.1 Å². The SMILES string of the molecule is COCCN(CC(=O)O)C(=O)c1csc(-c2ccc(Cl)s2)n1. The number of carbonyl (C=O) groups is 2. The summed E-state index contributed by atoms with van der Waals surface area (Å²) in [5, 5.41) is 11.2. The number of aliphatic carboxylic acids is 1. The number of aromatic nitrogens is 1. The lowest BCUT2D eigenvalue weighted by molar-refractivity contribution is -0.137. The van der Waals surface area contributed by atoms with Gasteiger partial charge in [-0.1, -0.05) is 11.6 Å². The number of nitrogens with zero attached hydrogens (tertiary/aromatic N) is 2. The molecule has 22 heavy (non-hydrogen) atoms. The van der Waals surface area contributed by atoms with Crippen LogP contribution in [0.3, 0.4) is 0 Å². The van der Waals surface area contributed by atoms with Crippen LogP contribution in [0.5, 0.6) is 0 Å². The minimum atomic E-state index is -1.08. The maximum atomic E-state index is 12.4. The van der Waals surface area contributed by atoms with Gasteiger partial charge in [0, 0.05) is 19.0 Å². The van der Waals surface area contributed by atoms with Crippen molar-refractivity contribution in [1.29, 1.82) is 0 Å². The Labute approximate surface area is 139 Å². The van der Waals surface area contributed by atoms with Gasteiger partial charge >= 0.3 is 5.97 Å². The minimum absolute atomic E-state index is 0.194. The lowest BCUT2D eigenvalue weighted by atomic mass is 10.3. The highest BCUT2D eigenvalue weighted by Crippen LogP contribution is 2.33. The zero-order valence-corrected chi connectivity index (χ0v) is 14.0. The molecule has 0 radical (unpaired) electrons. The number of thiophene rings is 1. The van der Waals surface area contributed by atoms with Crippen molar-refractivity contribution in [2.75, 3.05) is 26.8 Å².